The van der Waals surface area contributed by atoms with Gasteiger partial charge in [0.15, 0.2) is 0 Å². The molecule has 4 N–H and O–H groups in total. The van der Waals surface area contributed by atoms with E-state index in [4.69, 9.17) is 9.97 Å². The quantitative estimate of drug-likeness (QED) is 0.111. The first-order valence-electron chi connectivity index (χ1n) is 18.5. The maximum Gasteiger partial charge on any atom is 2.00 e. The van der Waals surface area contributed by atoms with E-state index in [1.54, 1.807) is 48.5 Å². The minimum absolute atomic E-state index is 0. The van der Waals surface area contributed by atoms with Crippen molar-refractivity contribution in [1.82, 2.24) is 19.9 Å². The topological polar surface area (TPSA) is 212 Å². The van der Waals surface area contributed by atoms with Crippen molar-refractivity contribution in [3.63, 3.8) is 0 Å². The first-order chi connectivity index (χ1) is 29.0. The fourth-order valence-electron chi connectivity index (χ4n) is 7.53. The second-order valence-corrected chi connectivity index (χ2v) is 14.0. The second-order valence-electron chi connectivity index (χ2n) is 14.0. The van der Waals surface area contributed by atoms with Gasteiger partial charge in [0, 0.05) is 44.3 Å². The van der Waals surface area contributed by atoms with Crippen molar-refractivity contribution in [1.29, 1.82) is 0 Å². The molecule has 7 aromatic rings. The van der Waals surface area contributed by atoms with Crippen molar-refractivity contribution in [3.8, 4) is 44.5 Å². The Hall–Kier alpha value is -8.12. The number of carboxylic acids is 4. The zero-order valence-corrected chi connectivity index (χ0v) is 32.6. The van der Waals surface area contributed by atoms with Gasteiger partial charge in [-0.3, -0.25) is 0 Å². The number of rotatable bonds is 8. The molecule has 4 aromatic carbocycles. The molecule has 12 nitrogen and oxygen atoms in total. The molecule has 0 spiro atoms. The molecule has 0 fully saturated rings. The summed E-state index contributed by atoms with van der Waals surface area (Å²) >= 11 is 0. The van der Waals surface area contributed by atoms with Crippen LogP contribution in [0.2, 0.25) is 0 Å². The van der Waals surface area contributed by atoms with Gasteiger partial charge in [-0.1, -0.05) is 72.8 Å². The average molecular weight is 845 g/mol. The molecule has 0 unspecified atom stereocenters. The molecule has 8 bridgehead atoms. The monoisotopic (exact) mass is 844 g/mol. The maximum atomic E-state index is 11.8. The molecule has 296 valence electrons. The first-order valence-corrected chi connectivity index (χ1v) is 18.5. The summed E-state index contributed by atoms with van der Waals surface area (Å²) in [6.07, 6.45) is 7.34. The molecule has 0 saturated carbocycles. The maximum absolute atomic E-state index is 11.8. The Morgan fingerprint density at radius 1 is 0.377 bits per heavy atom. The number of nitrogens with one attached hydrogen (secondary N) is 2. The smallest absolute Gasteiger partial charge is 0.545 e. The normalized spacial score (nSPS) is 11.5. The van der Waals surface area contributed by atoms with Gasteiger partial charge < -0.3 is 40.0 Å². The molecule has 2 aliphatic heterocycles. The number of carboxylic acid groups (broad SMARTS) is 4. The third-order valence-electron chi connectivity index (χ3n) is 10.4. The Balaban J connectivity index is 0.00000514. The Kier molecular flexibility index (Phi) is 10.4. The fourth-order valence-corrected chi connectivity index (χ4v) is 7.53. The summed E-state index contributed by atoms with van der Waals surface area (Å²) in [7, 11) is 0. The van der Waals surface area contributed by atoms with Gasteiger partial charge in [-0.05, 0) is 106 Å². The Morgan fingerprint density at radius 2 is 0.639 bits per heavy atom. The zero-order chi connectivity index (χ0) is 41.7. The molecule has 9 rings (SSSR count). The van der Waals surface area contributed by atoms with Gasteiger partial charge in [0.2, 0.25) is 0 Å². The standard InChI is InChI=1S/C48H30N4O8.Fe/c53-45(54)29-9-1-25(2-10-29)41-33-17-19-35(49-33)42(26-3-11-30(12-4-26)46(55)56)37-21-23-39(51-37)44(28-7-15-32(16-8-28)48(59)60)40-24-22-38(52-40)43(36-20-18-34(41)50-36)27-5-13-31(14-6-27)47(57)58;/h1-24,49-50H,(H,53,54)(H,55,56)(H,57,58)(H,59,60);/q;+2/p-2. The van der Waals surface area contributed by atoms with Crippen LogP contribution >= 0.6 is 0 Å². The predicted molar refractivity (Wildman–Crippen MR) is 223 cm³/mol. The minimum Gasteiger partial charge on any atom is -0.545 e. The third kappa shape index (κ3) is 7.42. The SMILES string of the molecule is O=C([O-])c1ccc(-c2c3nc(c(-c4ccc(C(=O)[O-])cc4)c4ccc([nH]4)c(-c4ccc(C(=O)O)cc4)c4ccc([nH]4)c(-c4ccc(C(=O)O)cc4)c4nc2C=C4)C=C3)cc1.[Fe+2]. The second kappa shape index (κ2) is 15.9. The van der Waals surface area contributed by atoms with Crippen LogP contribution in [0, 0.1) is 0 Å². The largest absolute Gasteiger partial charge is 2.00 e. The number of nitrogens with zero attached hydrogens (tertiary/aromatic N) is 2. The third-order valence-corrected chi connectivity index (χ3v) is 10.4. The fraction of sp³-hybridized carbons (Fsp3) is 0. The van der Waals surface area contributed by atoms with Crippen molar-refractivity contribution in [3.05, 3.63) is 166 Å². The van der Waals surface area contributed by atoms with E-state index in [1.165, 1.54) is 48.5 Å². The number of aromatic amines is 2. The molecule has 2 aliphatic rings. The van der Waals surface area contributed by atoms with Crippen molar-refractivity contribution >= 4 is 70.2 Å². The molecular formula is C48H28FeN4O8. The molecule has 5 heterocycles. The van der Waals surface area contributed by atoms with Crippen molar-refractivity contribution in [2.24, 2.45) is 0 Å². The number of hydrogen-bond donors (Lipinski definition) is 4. The molecule has 61 heavy (non-hydrogen) atoms. The van der Waals surface area contributed by atoms with Crippen LogP contribution in [0.3, 0.4) is 0 Å². The van der Waals surface area contributed by atoms with E-state index >= 15 is 0 Å². The van der Waals surface area contributed by atoms with Crippen molar-refractivity contribution in [2.75, 3.05) is 0 Å². The molecule has 13 heteroatoms. The number of carbonyl (C=O) groups excluding carboxylic acids is 2. The average Bonchev–Trinajstić information content (AvgIpc) is 4.10. The van der Waals surface area contributed by atoms with E-state index < -0.39 is 23.9 Å². The summed E-state index contributed by atoms with van der Waals surface area (Å²) in [6.45, 7) is 0. The van der Waals surface area contributed by atoms with E-state index in [1.807, 2.05) is 48.6 Å². The minimum atomic E-state index is -1.32. The van der Waals surface area contributed by atoms with Gasteiger partial charge in [0.05, 0.1) is 45.8 Å². The molecule has 0 aliphatic carbocycles. The molecule has 0 amide bonds. The molecule has 0 radical (unpaired) electrons. The first kappa shape index (κ1) is 39.7. The summed E-state index contributed by atoms with van der Waals surface area (Å²) in [6, 6.07) is 33.0. The predicted octanol–water partition coefficient (Wildman–Crippen LogP) is 7.44. The number of aromatic nitrogens is 4. The van der Waals surface area contributed by atoms with Crippen LogP contribution < -0.4 is 10.2 Å². The number of benzene rings is 4. The van der Waals surface area contributed by atoms with E-state index in [2.05, 4.69) is 9.97 Å². The van der Waals surface area contributed by atoms with Gasteiger partial charge in [0.1, 0.15) is 0 Å². The van der Waals surface area contributed by atoms with Crippen LogP contribution in [-0.4, -0.2) is 54.0 Å². The van der Waals surface area contributed by atoms with E-state index in [9.17, 15) is 39.6 Å². The summed E-state index contributed by atoms with van der Waals surface area (Å²) < 4.78 is 0. The van der Waals surface area contributed by atoms with Gasteiger partial charge in [-0.25, -0.2) is 19.6 Å². The van der Waals surface area contributed by atoms with Crippen LogP contribution in [-0.2, 0) is 17.1 Å². The van der Waals surface area contributed by atoms with Gasteiger partial charge in [-0.2, -0.15) is 0 Å². The van der Waals surface area contributed by atoms with Gasteiger partial charge in [-0.15, -0.1) is 0 Å². The molecule has 0 atom stereocenters. The summed E-state index contributed by atoms with van der Waals surface area (Å²) in [5, 5.41) is 42.8. The van der Waals surface area contributed by atoms with E-state index in [0.29, 0.717) is 89.4 Å². The van der Waals surface area contributed by atoms with E-state index in [0.717, 1.165) is 0 Å². The van der Waals surface area contributed by atoms with Crippen molar-refractivity contribution < 1.29 is 56.7 Å². The molecular weight excluding hydrogens is 816 g/mol. The van der Waals surface area contributed by atoms with Gasteiger partial charge in [0.25, 0.3) is 0 Å². The summed E-state index contributed by atoms with van der Waals surface area (Å²) in [5.41, 5.74) is 10.1. The van der Waals surface area contributed by atoms with Gasteiger partial charge >= 0.3 is 29.0 Å². The van der Waals surface area contributed by atoms with Crippen molar-refractivity contribution in [2.45, 2.75) is 0 Å². The van der Waals surface area contributed by atoms with Crippen LogP contribution in [0.1, 0.15) is 64.2 Å². The Labute approximate surface area is 356 Å². The number of fused-ring (bicyclic) bond motifs is 8. The van der Waals surface area contributed by atoms with Crippen LogP contribution in [0.4, 0.5) is 0 Å². The molecule has 0 saturated heterocycles. The number of H-pyrrole nitrogens is 2. The number of carbonyl (C=O) groups is 4. The zero-order valence-electron chi connectivity index (χ0n) is 31.4. The number of aromatic carboxylic acids is 4. The van der Waals surface area contributed by atoms with Crippen LogP contribution in [0.5, 0.6) is 0 Å². The van der Waals surface area contributed by atoms with Crippen LogP contribution in [0.15, 0.2) is 121 Å². The van der Waals surface area contributed by atoms with Crippen LogP contribution in [0.25, 0.3) is 90.9 Å². The Bertz CT molecular complexity index is 3030. The van der Waals surface area contributed by atoms with E-state index in [-0.39, 0.29) is 39.3 Å². The number of hydrogen-bond acceptors (Lipinski definition) is 8. The summed E-state index contributed by atoms with van der Waals surface area (Å²) in [5.74, 6) is -4.78. The molecule has 3 aromatic heterocycles. The summed E-state index contributed by atoms with van der Waals surface area (Å²) in [4.78, 5) is 64.5. The Morgan fingerprint density at radius 3 is 0.951 bits per heavy atom.